The van der Waals surface area contributed by atoms with Gasteiger partial charge in [-0.05, 0) is 13.3 Å². The minimum atomic E-state index is -1.87. The molecule has 0 aromatic heterocycles. The van der Waals surface area contributed by atoms with E-state index in [9.17, 15) is 45.3 Å². The highest BCUT2D eigenvalue weighted by atomic mass is 16.5. The molecule has 0 rings (SSSR count). The van der Waals surface area contributed by atoms with Crippen molar-refractivity contribution in [3.8, 4) is 0 Å². The highest BCUT2D eigenvalue weighted by Crippen LogP contribution is 2.11. The van der Waals surface area contributed by atoms with Gasteiger partial charge in [0.15, 0.2) is 12.2 Å². The maximum Gasteiger partial charge on any atom is 0.334 e. The Bertz CT molecular complexity index is 671. The van der Waals surface area contributed by atoms with Gasteiger partial charge in [0.1, 0.15) is 18.3 Å². The van der Waals surface area contributed by atoms with E-state index in [1.165, 1.54) is 0 Å². The third-order valence-electron chi connectivity index (χ3n) is 5.64. The fourth-order valence-electron chi connectivity index (χ4n) is 3.22. The number of rotatable bonds is 23. The maximum atomic E-state index is 12.0. The minimum Gasteiger partial charge on any atom is -0.479 e. The van der Waals surface area contributed by atoms with Gasteiger partial charge in [-0.25, -0.2) is 4.79 Å². The lowest BCUT2D eigenvalue weighted by Gasteiger charge is -2.26. The normalized spacial score (nSPS) is 19.7. The summed E-state index contributed by atoms with van der Waals surface area (Å²) in [6, 6.07) is 0. The molecular weight excluding hydrogens is 530 g/mol. The number of hydrogen-bond acceptors (Lipinski definition) is 14. The Morgan fingerprint density at radius 1 is 0.769 bits per heavy atom. The molecule has 39 heavy (non-hydrogen) atoms. The third-order valence-corrected chi connectivity index (χ3v) is 5.64. The first-order valence-electron chi connectivity index (χ1n) is 12.6. The Morgan fingerprint density at radius 3 is 1.92 bits per heavy atom. The van der Waals surface area contributed by atoms with Crippen LogP contribution in [0.3, 0.4) is 0 Å². The number of aliphatic hydroxyl groups excluding tert-OH is 9. The van der Waals surface area contributed by atoms with Crippen LogP contribution in [0.2, 0.25) is 0 Å². The van der Waals surface area contributed by atoms with Crippen molar-refractivity contribution in [2.45, 2.75) is 94.1 Å². The summed E-state index contributed by atoms with van der Waals surface area (Å²) >= 11 is 0. The molecule has 0 heterocycles. The number of nitrogens with one attached hydrogen (secondary N) is 1. The largest absolute Gasteiger partial charge is 0.479 e. The number of hydrogen-bond donors (Lipinski definition) is 11. The van der Waals surface area contributed by atoms with Crippen molar-refractivity contribution >= 4 is 11.9 Å². The topological polar surface area (TPSA) is 276 Å². The first kappa shape index (κ1) is 37.5. The van der Waals surface area contributed by atoms with Gasteiger partial charge in [-0.15, -0.1) is 0 Å². The Balaban J connectivity index is 4.32. The average molecular weight is 576 g/mol. The molecule has 0 radical (unpaired) electrons. The standard InChI is InChI=1S/C23H45NO15/c1-3-15(5-14(27)9-38-12(2)4-13(26)8-37-10-19(31)23(35)36)39-11-18(30)22(34)24-6-16(28)20(32)21(33)17(29)7-25/h12-21,25-33H,3-11H2,1-2H3,(H,24,34)(H,35,36)/t12?,13?,14?,15?,16-,17+,18?,19?,20+,21+/m0/s1. The van der Waals surface area contributed by atoms with Crippen LogP contribution in [0, 0.1) is 0 Å². The number of amides is 1. The molecule has 0 bridgehead atoms. The van der Waals surface area contributed by atoms with E-state index < -0.39 is 99.3 Å². The molecule has 0 fully saturated rings. The number of ether oxygens (including phenoxy) is 3. The summed E-state index contributed by atoms with van der Waals surface area (Å²) in [6.45, 7) is 0.758. The molecule has 0 aliphatic rings. The van der Waals surface area contributed by atoms with E-state index in [-0.39, 0.29) is 26.1 Å². The molecule has 11 N–H and O–H groups in total. The van der Waals surface area contributed by atoms with Gasteiger partial charge in [0, 0.05) is 19.4 Å². The number of carboxylic acid groups (broad SMARTS) is 1. The lowest BCUT2D eigenvalue weighted by Crippen LogP contribution is -2.51. The molecule has 0 aliphatic carbocycles. The highest BCUT2D eigenvalue weighted by Gasteiger charge is 2.30. The zero-order chi connectivity index (χ0) is 30.1. The van der Waals surface area contributed by atoms with Crippen LogP contribution in [0.4, 0.5) is 0 Å². The Labute approximate surface area is 226 Å². The lowest BCUT2D eigenvalue weighted by atomic mass is 10.0. The molecule has 0 aromatic carbocycles. The van der Waals surface area contributed by atoms with E-state index >= 15 is 0 Å². The van der Waals surface area contributed by atoms with Crippen molar-refractivity contribution in [2.75, 3.05) is 39.6 Å². The first-order valence-corrected chi connectivity index (χ1v) is 12.6. The number of carbonyl (C=O) groups excluding carboxylic acids is 1. The van der Waals surface area contributed by atoms with Gasteiger partial charge in [0.25, 0.3) is 5.91 Å². The van der Waals surface area contributed by atoms with Gasteiger partial charge in [0.2, 0.25) is 0 Å². The molecule has 0 aromatic rings. The van der Waals surface area contributed by atoms with Gasteiger partial charge in [-0.1, -0.05) is 6.92 Å². The summed E-state index contributed by atoms with van der Waals surface area (Å²) in [5.74, 6) is -2.38. The second-order valence-electron chi connectivity index (χ2n) is 9.24. The van der Waals surface area contributed by atoms with Crippen LogP contribution in [0.15, 0.2) is 0 Å². The van der Waals surface area contributed by atoms with Crippen LogP contribution in [-0.2, 0) is 23.8 Å². The van der Waals surface area contributed by atoms with Crippen LogP contribution < -0.4 is 5.32 Å². The third kappa shape index (κ3) is 16.3. The highest BCUT2D eigenvalue weighted by molar-refractivity contribution is 5.80. The zero-order valence-corrected chi connectivity index (χ0v) is 22.2. The summed E-state index contributed by atoms with van der Waals surface area (Å²) in [5.41, 5.74) is 0. The molecule has 0 saturated carbocycles. The number of carboxylic acids is 1. The van der Waals surface area contributed by atoms with Gasteiger partial charge in [-0.3, -0.25) is 4.79 Å². The minimum absolute atomic E-state index is 0.103. The Kier molecular flexibility index (Phi) is 19.5. The maximum absolute atomic E-state index is 12.0. The van der Waals surface area contributed by atoms with Crippen molar-refractivity contribution in [1.82, 2.24) is 5.32 Å². The van der Waals surface area contributed by atoms with Crippen molar-refractivity contribution in [3.63, 3.8) is 0 Å². The molecule has 1 amide bonds. The molecule has 0 aliphatic heterocycles. The van der Waals surface area contributed by atoms with E-state index in [0.717, 1.165) is 0 Å². The summed E-state index contributed by atoms with van der Waals surface area (Å²) < 4.78 is 15.9. The summed E-state index contributed by atoms with van der Waals surface area (Å²) in [5, 5.41) is 97.2. The SMILES string of the molecule is CCC(CC(O)COC(C)CC(O)COCC(O)C(=O)O)OCC(O)C(=O)NC[C@H](O)[C@@H](O)[C@H](O)[C@H](O)CO. The predicted molar refractivity (Wildman–Crippen MR) is 131 cm³/mol. The van der Waals surface area contributed by atoms with Crippen LogP contribution in [0.25, 0.3) is 0 Å². The van der Waals surface area contributed by atoms with Crippen molar-refractivity contribution < 1.29 is 74.9 Å². The molecule has 16 heteroatoms. The first-order chi connectivity index (χ1) is 18.2. The van der Waals surface area contributed by atoms with Crippen molar-refractivity contribution in [1.29, 1.82) is 0 Å². The van der Waals surface area contributed by atoms with Gasteiger partial charge < -0.3 is 70.6 Å². The van der Waals surface area contributed by atoms with E-state index in [0.29, 0.717) is 6.42 Å². The van der Waals surface area contributed by atoms with E-state index in [4.69, 9.17) is 29.5 Å². The smallest absolute Gasteiger partial charge is 0.334 e. The van der Waals surface area contributed by atoms with E-state index in [1.807, 2.05) is 0 Å². The van der Waals surface area contributed by atoms with Crippen LogP contribution in [0.5, 0.6) is 0 Å². The van der Waals surface area contributed by atoms with Crippen molar-refractivity contribution in [3.05, 3.63) is 0 Å². The molecule has 0 saturated heterocycles. The Morgan fingerprint density at radius 2 is 1.36 bits per heavy atom. The molecule has 232 valence electrons. The number of aliphatic carboxylic acids is 1. The van der Waals surface area contributed by atoms with Crippen molar-refractivity contribution in [2.24, 2.45) is 0 Å². The lowest BCUT2D eigenvalue weighted by molar-refractivity contribution is -0.150. The summed E-state index contributed by atoms with van der Waals surface area (Å²) in [4.78, 5) is 22.5. The number of carbonyl (C=O) groups is 2. The molecule has 0 spiro atoms. The molecule has 6 unspecified atom stereocenters. The summed E-state index contributed by atoms with van der Waals surface area (Å²) in [6.07, 6.45) is -12.8. The van der Waals surface area contributed by atoms with E-state index in [1.54, 1.807) is 13.8 Å². The second-order valence-corrected chi connectivity index (χ2v) is 9.24. The average Bonchev–Trinajstić information content (AvgIpc) is 2.90. The van der Waals surface area contributed by atoms with Gasteiger partial charge in [-0.2, -0.15) is 0 Å². The number of aliphatic hydroxyl groups is 9. The fourth-order valence-corrected chi connectivity index (χ4v) is 3.22. The molecule has 10 atom stereocenters. The quantitative estimate of drug-likeness (QED) is 0.0544. The van der Waals surface area contributed by atoms with Crippen LogP contribution in [0.1, 0.15) is 33.1 Å². The van der Waals surface area contributed by atoms with Crippen LogP contribution >= 0.6 is 0 Å². The van der Waals surface area contributed by atoms with Crippen LogP contribution in [-0.4, -0.2) is 164 Å². The Hall–Kier alpha value is -1.54. The molecule has 16 nitrogen and oxygen atoms in total. The molecular formula is C23H45NO15. The van der Waals surface area contributed by atoms with Gasteiger partial charge >= 0.3 is 5.97 Å². The monoisotopic (exact) mass is 575 g/mol. The summed E-state index contributed by atoms with van der Waals surface area (Å²) in [7, 11) is 0. The predicted octanol–water partition coefficient (Wildman–Crippen LogP) is -4.94. The second kappa shape index (κ2) is 20.4. The van der Waals surface area contributed by atoms with E-state index in [2.05, 4.69) is 5.32 Å². The zero-order valence-electron chi connectivity index (χ0n) is 22.2. The fraction of sp³-hybridized carbons (Fsp3) is 0.913. The van der Waals surface area contributed by atoms with Gasteiger partial charge in [0.05, 0.1) is 63.6 Å².